The normalized spacial score (nSPS) is 36.4. The molecule has 2 atom stereocenters. The summed E-state index contributed by atoms with van der Waals surface area (Å²) in [5, 5.41) is 3.41. The lowest BCUT2D eigenvalue weighted by Crippen LogP contribution is -2.38. The first-order chi connectivity index (χ1) is 5.47. The number of hydrogen-bond acceptors (Lipinski definition) is 2. The Morgan fingerprint density at radius 3 is 3.45 bits per heavy atom. The SMILES string of the molecule is C1=CC2CCCNC2N=CC1. The van der Waals surface area contributed by atoms with E-state index < -0.39 is 0 Å². The fourth-order valence-electron chi connectivity index (χ4n) is 1.75. The zero-order valence-electron chi connectivity index (χ0n) is 6.66. The van der Waals surface area contributed by atoms with E-state index in [0.29, 0.717) is 12.1 Å². The van der Waals surface area contributed by atoms with Crippen molar-refractivity contribution in [2.75, 3.05) is 6.54 Å². The van der Waals surface area contributed by atoms with Crippen LogP contribution in [0.5, 0.6) is 0 Å². The third-order valence-corrected chi connectivity index (χ3v) is 2.36. The molecule has 2 aliphatic rings. The summed E-state index contributed by atoms with van der Waals surface area (Å²) in [4.78, 5) is 4.45. The Bertz CT molecular complexity index is 164. The fraction of sp³-hybridized carbons (Fsp3) is 0.667. The first-order valence-electron chi connectivity index (χ1n) is 4.38. The molecular weight excluding hydrogens is 136 g/mol. The van der Waals surface area contributed by atoms with Crippen LogP contribution in [-0.2, 0) is 0 Å². The van der Waals surface area contributed by atoms with Crippen molar-refractivity contribution in [3.05, 3.63) is 12.2 Å². The minimum atomic E-state index is 0.377. The zero-order chi connectivity index (χ0) is 7.52. The second-order valence-electron chi connectivity index (χ2n) is 3.20. The monoisotopic (exact) mass is 150 g/mol. The molecule has 0 amide bonds. The summed E-state index contributed by atoms with van der Waals surface area (Å²) < 4.78 is 0. The molecule has 2 unspecified atom stereocenters. The van der Waals surface area contributed by atoms with E-state index >= 15 is 0 Å². The Morgan fingerprint density at radius 1 is 1.45 bits per heavy atom. The third kappa shape index (κ3) is 1.51. The average Bonchev–Trinajstić information content (AvgIpc) is 2.28. The summed E-state index contributed by atoms with van der Waals surface area (Å²) in [6.45, 7) is 1.13. The predicted octanol–water partition coefficient (Wildman–Crippen LogP) is 1.34. The van der Waals surface area contributed by atoms with Gasteiger partial charge in [0.15, 0.2) is 0 Å². The number of allylic oxidation sites excluding steroid dienone is 1. The van der Waals surface area contributed by atoms with Crippen molar-refractivity contribution in [2.24, 2.45) is 10.9 Å². The van der Waals surface area contributed by atoms with E-state index in [1.807, 2.05) is 6.21 Å². The summed E-state index contributed by atoms with van der Waals surface area (Å²) in [6.07, 6.45) is 10.5. The van der Waals surface area contributed by atoms with Gasteiger partial charge >= 0.3 is 0 Å². The maximum absolute atomic E-state index is 4.45. The molecule has 0 aromatic rings. The topological polar surface area (TPSA) is 24.4 Å². The molecule has 0 radical (unpaired) electrons. The van der Waals surface area contributed by atoms with Crippen molar-refractivity contribution in [3.8, 4) is 0 Å². The van der Waals surface area contributed by atoms with Gasteiger partial charge in [-0.1, -0.05) is 12.2 Å². The van der Waals surface area contributed by atoms with E-state index in [-0.39, 0.29) is 0 Å². The summed E-state index contributed by atoms with van der Waals surface area (Å²) in [7, 11) is 0. The van der Waals surface area contributed by atoms with Crippen molar-refractivity contribution in [3.63, 3.8) is 0 Å². The highest BCUT2D eigenvalue weighted by atomic mass is 15.1. The van der Waals surface area contributed by atoms with Gasteiger partial charge in [-0.3, -0.25) is 10.3 Å². The van der Waals surface area contributed by atoms with Crippen molar-refractivity contribution in [1.82, 2.24) is 5.32 Å². The lowest BCUT2D eigenvalue weighted by atomic mass is 9.96. The van der Waals surface area contributed by atoms with Gasteiger partial charge in [-0.15, -0.1) is 0 Å². The van der Waals surface area contributed by atoms with Crippen molar-refractivity contribution in [1.29, 1.82) is 0 Å². The van der Waals surface area contributed by atoms with Crippen LogP contribution in [0.4, 0.5) is 0 Å². The molecule has 0 saturated carbocycles. The Kier molecular flexibility index (Phi) is 2.04. The van der Waals surface area contributed by atoms with Gasteiger partial charge in [0, 0.05) is 18.6 Å². The first-order valence-corrected chi connectivity index (χ1v) is 4.38. The lowest BCUT2D eigenvalue weighted by molar-refractivity contribution is 0.339. The smallest absolute Gasteiger partial charge is 0.105 e. The maximum Gasteiger partial charge on any atom is 0.105 e. The number of aliphatic imine (C=N–C) groups is 1. The second kappa shape index (κ2) is 3.18. The van der Waals surface area contributed by atoms with Gasteiger partial charge in [0.2, 0.25) is 0 Å². The zero-order valence-corrected chi connectivity index (χ0v) is 6.66. The largest absolute Gasteiger partial charge is 0.295 e. The second-order valence-corrected chi connectivity index (χ2v) is 3.20. The van der Waals surface area contributed by atoms with Crippen molar-refractivity contribution >= 4 is 6.21 Å². The van der Waals surface area contributed by atoms with E-state index in [1.54, 1.807) is 0 Å². The number of rotatable bonds is 0. The Labute approximate surface area is 67.4 Å². The highest BCUT2D eigenvalue weighted by Gasteiger charge is 2.21. The lowest BCUT2D eigenvalue weighted by Gasteiger charge is -2.26. The van der Waals surface area contributed by atoms with Gasteiger partial charge in [0.1, 0.15) is 6.17 Å². The van der Waals surface area contributed by atoms with E-state index in [1.165, 1.54) is 12.8 Å². The molecule has 2 rings (SSSR count). The molecule has 2 aliphatic heterocycles. The standard InChI is InChI=1S/C9H14N2/c1-2-6-10-9-8(4-1)5-3-7-11-9/h1,4,6,8-9,11H,2-3,5,7H2. The molecule has 1 saturated heterocycles. The van der Waals surface area contributed by atoms with E-state index in [2.05, 4.69) is 22.5 Å². The summed E-state index contributed by atoms with van der Waals surface area (Å²) in [5.41, 5.74) is 0. The Balaban J connectivity index is 2.11. The molecule has 2 heterocycles. The average molecular weight is 150 g/mol. The van der Waals surface area contributed by atoms with Crippen LogP contribution in [0.1, 0.15) is 19.3 Å². The minimum Gasteiger partial charge on any atom is -0.295 e. The molecule has 0 aromatic carbocycles. The molecule has 11 heavy (non-hydrogen) atoms. The highest BCUT2D eigenvalue weighted by Crippen LogP contribution is 2.20. The summed E-state index contributed by atoms with van der Waals surface area (Å²) in [5.74, 6) is 0.655. The van der Waals surface area contributed by atoms with Crippen LogP contribution in [0.15, 0.2) is 17.1 Å². The Morgan fingerprint density at radius 2 is 2.45 bits per heavy atom. The van der Waals surface area contributed by atoms with E-state index in [0.717, 1.165) is 13.0 Å². The molecule has 60 valence electrons. The van der Waals surface area contributed by atoms with Crippen LogP contribution in [-0.4, -0.2) is 18.9 Å². The van der Waals surface area contributed by atoms with Gasteiger partial charge in [0.25, 0.3) is 0 Å². The van der Waals surface area contributed by atoms with Crippen molar-refractivity contribution < 1.29 is 0 Å². The molecule has 1 N–H and O–H groups in total. The third-order valence-electron chi connectivity index (χ3n) is 2.36. The van der Waals surface area contributed by atoms with Gasteiger partial charge < -0.3 is 0 Å². The molecule has 2 heteroatoms. The van der Waals surface area contributed by atoms with E-state index in [9.17, 15) is 0 Å². The maximum atomic E-state index is 4.45. The fourth-order valence-corrected chi connectivity index (χ4v) is 1.75. The highest BCUT2D eigenvalue weighted by molar-refractivity contribution is 5.60. The van der Waals surface area contributed by atoms with Gasteiger partial charge in [-0.05, 0) is 19.4 Å². The molecule has 1 fully saturated rings. The number of nitrogens with zero attached hydrogens (tertiary/aromatic N) is 1. The molecular formula is C9H14N2. The number of fused-ring (bicyclic) bond motifs is 1. The minimum absolute atomic E-state index is 0.377. The van der Waals surface area contributed by atoms with Gasteiger partial charge in [-0.2, -0.15) is 0 Å². The van der Waals surface area contributed by atoms with E-state index in [4.69, 9.17) is 0 Å². The number of nitrogens with one attached hydrogen (secondary N) is 1. The first kappa shape index (κ1) is 7.04. The molecule has 0 aliphatic carbocycles. The molecule has 0 bridgehead atoms. The summed E-state index contributed by atoms with van der Waals surface area (Å²) in [6, 6.07) is 0. The van der Waals surface area contributed by atoms with Crippen LogP contribution in [0.3, 0.4) is 0 Å². The quantitative estimate of drug-likeness (QED) is 0.518. The summed E-state index contributed by atoms with van der Waals surface area (Å²) >= 11 is 0. The molecule has 2 nitrogen and oxygen atoms in total. The molecule has 0 spiro atoms. The van der Waals surface area contributed by atoms with Crippen LogP contribution >= 0.6 is 0 Å². The molecule has 0 aromatic heterocycles. The van der Waals surface area contributed by atoms with Crippen molar-refractivity contribution in [2.45, 2.75) is 25.4 Å². The van der Waals surface area contributed by atoms with Crippen LogP contribution < -0.4 is 5.32 Å². The van der Waals surface area contributed by atoms with Crippen LogP contribution in [0, 0.1) is 5.92 Å². The number of hydrogen-bond donors (Lipinski definition) is 1. The number of piperidine rings is 1. The van der Waals surface area contributed by atoms with Gasteiger partial charge in [0.05, 0.1) is 0 Å². The predicted molar refractivity (Wildman–Crippen MR) is 46.8 cm³/mol. The van der Waals surface area contributed by atoms with Crippen LogP contribution in [0.2, 0.25) is 0 Å². The Hall–Kier alpha value is -0.630. The van der Waals surface area contributed by atoms with Gasteiger partial charge in [-0.25, -0.2) is 0 Å². The van der Waals surface area contributed by atoms with Crippen LogP contribution in [0.25, 0.3) is 0 Å².